The van der Waals surface area contributed by atoms with Crippen LogP contribution in [0.3, 0.4) is 0 Å². The van der Waals surface area contributed by atoms with Crippen LogP contribution in [0.15, 0.2) is 55.6 Å². The number of methoxy groups -OCH3 is 1. The van der Waals surface area contributed by atoms with E-state index in [1.807, 2.05) is 25.1 Å². The topological polar surface area (TPSA) is 141 Å². The summed E-state index contributed by atoms with van der Waals surface area (Å²) in [5, 5.41) is 7.90. The van der Waals surface area contributed by atoms with Gasteiger partial charge in [-0.05, 0) is 46.1 Å². The molecule has 0 saturated heterocycles. The van der Waals surface area contributed by atoms with Gasteiger partial charge in [0.25, 0.3) is 0 Å². The number of esters is 1. The quantitative estimate of drug-likeness (QED) is 0.170. The zero-order valence-corrected chi connectivity index (χ0v) is 26.7. The average molecular weight is 604 g/mol. The van der Waals surface area contributed by atoms with Crippen molar-refractivity contribution in [2.24, 2.45) is 5.92 Å². The highest BCUT2D eigenvalue weighted by Gasteiger charge is 2.36. The molecule has 0 aliphatic rings. The molecule has 0 saturated carbocycles. The maximum atomic E-state index is 13.7. The Kier molecular flexibility index (Phi) is 15.1. The Bertz CT molecular complexity index is 1090. The maximum absolute atomic E-state index is 13.7. The number of carbonyl (C=O) groups excluding carboxylic acids is 4. The first-order chi connectivity index (χ1) is 20.1. The van der Waals surface area contributed by atoms with Crippen molar-refractivity contribution in [1.29, 1.82) is 0 Å². The molecular weight excluding hydrogens is 554 g/mol. The van der Waals surface area contributed by atoms with Gasteiger partial charge in [-0.1, -0.05) is 62.8 Å². The van der Waals surface area contributed by atoms with E-state index >= 15 is 0 Å². The third kappa shape index (κ3) is 13.0. The fraction of sp³-hybridized carbons (Fsp3) is 0.562. The Hall–Kier alpha value is -3.70. The van der Waals surface area contributed by atoms with E-state index in [0.717, 1.165) is 5.56 Å². The minimum Gasteiger partial charge on any atom is -0.467 e. The van der Waals surface area contributed by atoms with Crippen LogP contribution in [0, 0.1) is 5.92 Å². The summed E-state index contributed by atoms with van der Waals surface area (Å²) in [5.41, 5.74) is -0.910. The number of rotatable bonds is 18. The van der Waals surface area contributed by atoms with Gasteiger partial charge in [-0.25, -0.2) is 9.59 Å². The lowest BCUT2D eigenvalue weighted by Gasteiger charge is -2.32. The van der Waals surface area contributed by atoms with Crippen molar-refractivity contribution in [3.63, 3.8) is 0 Å². The van der Waals surface area contributed by atoms with Gasteiger partial charge < -0.3 is 34.9 Å². The van der Waals surface area contributed by atoms with Gasteiger partial charge in [-0.15, -0.1) is 13.2 Å². The lowest BCUT2D eigenvalue weighted by Crippen LogP contribution is -2.61. The van der Waals surface area contributed by atoms with E-state index in [0.29, 0.717) is 6.42 Å². The highest BCUT2D eigenvalue weighted by molar-refractivity contribution is 5.93. The summed E-state index contributed by atoms with van der Waals surface area (Å²) in [7, 11) is 1.23. The predicted octanol–water partition coefficient (Wildman–Crippen LogP) is 3.82. The lowest BCUT2D eigenvalue weighted by molar-refractivity contribution is -0.147. The molecular formula is C32H49N3O8. The zero-order chi connectivity index (χ0) is 32.8. The summed E-state index contributed by atoms with van der Waals surface area (Å²) in [4.78, 5) is 52.4. The van der Waals surface area contributed by atoms with E-state index in [-0.39, 0.29) is 19.1 Å². The first-order valence-electron chi connectivity index (χ1n) is 14.3. The molecule has 3 N–H and O–H groups in total. The van der Waals surface area contributed by atoms with E-state index < -0.39 is 59.3 Å². The van der Waals surface area contributed by atoms with Crippen LogP contribution in [-0.4, -0.2) is 73.0 Å². The predicted molar refractivity (Wildman–Crippen MR) is 164 cm³/mol. The smallest absolute Gasteiger partial charge is 0.408 e. The molecule has 3 amide bonds. The second-order valence-corrected chi connectivity index (χ2v) is 11.4. The third-order valence-electron chi connectivity index (χ3n) is 6.93. The first-order valence-corrected chi connectivity index (χ1v) is 14.3. The molecule has 0 spiro atoms. The Labute approximate surface area is 255 Å². The van der Waals surface area contributed by atoms with E-state index in [9.17, 15) is 19.2 Å². The van der Waals surface area contributed by atoms with Crippen LogP contribution in [0.1, 0.15) is 60.5 Å². The largest absolute Gasteiger partial charge is 0.467 e. The summed E-state index contributed by atoms with van der Waals surface area (Å²) in [6, 6.07) is 5.57. The van der Waals surface area contributed by atoms with Crippen LogP contribution in [0.2, 0.25) is 0 Å². The molecule has 0 bridgehead atoms. The number of hydrogen-bond acceptors (Lipinski definition) is 8. The van der Waals surface area contributed by atoms with Crippen molar-refractivity contribution in [1.82, 2.24) is 16.0 Å². The zero-order valence-electron chi connectivity index (χ0n) is 26.7. The number of benzene rings is 1. The monoisotopic (exact) mass is 603 g/mol. The molecule has 43 heavy (non-hydrogen) atoms. The number of nitrogens with one attached hydrogen (secondary N) is 3. The van der Waals surface area contributed by atoms with Crippen molar-refractivity contribution < 1.29 is 38.1 Å². The normalized spacial score (nSPS) is 15.1. The van der Waals surface area contributed by atoms with E-state index in [1.54, 1.807) is 65.8 Å². The molecule has 1 rings (SSSR count). The van der Waals surface area contributed by atoms with Crippen molar-refractivity contribution in [3.05, 3.63) is 61.2 Å². The highest BCUT2D eigenvalue weighted by Crippen LogP contribution is 2.17. The van der Waals surface area contributed by atoms with Crippen molar-refractivity contribution in [3.8, 4) is 0 Å². The van der Waals surface area contributed by atoms with Gasteiger partial charge >= 0.3 is 12.1 Å². The van der Waals surface area contributed by atoms with Crippen LogP contribution in [0.25, 0.3) is 0 Å². The molecule has 0 unspecified atom stereocenters. The summed E-state index contributed by atoms with van der Waals surface area (Å²) < 4.78 is 22.1. The third-order valence-corrected chi connectivity index (χ3v) is 6.93. The van der Waals surface area contributed by atoms with Crippen LogP contribution in [-0.2, 0) is 39.9 Å². The molecule has 0 aliphatic heterocycles. The van der Waals surface area contributed by atoms with Crippen molar-refractivity contribution >= 4 is 23.9 Å². The van der Waals surface area contributed by atoms with Gasteiger partial charge in [0.2, 0.25) is 11.8 Å². The van der Waals surface area contributed by atoms with Crippen LogP contribution < -0.4 is 16.0 Å². The number of alkyl carbamates (subject to hydrolysis) is 1. The van der Waals surface area contributed by atoms with Gasteiger partial charge in [0.1, 0.15) is 24.7 Å². The standard InChI is InChI=1S/C32H49N3O8/c1-11-21(4)25(29(38)40-10)34-27(36)24(20-42-31(6,7)12-2)33-28(37)26(22(5)43-32(8,9)13-3)35-30(39)41-19-23-17-15-14-16-18-23/h12-18,21-22,24-26H,2-3,11,19-20H2,1,4-10H3,(H,33,37)(H,34,36)(H,35,39)/t21-,22+,24-,25-,26-/m0/s1. The SMILES string of the molecule is C=CC(C)(C)OC[C@H](NC(=O)[C@@H](NC(=O)OCc1ccccc1)[C@@H](C)OC(C)(C)C=C)C(=O)N[C@H](C(=O)OC)[C@@H](C)CC. The van der Waals surface area contributed by atoms with Crippen molar-refractivity contribution in [2.45, 2.75) is 96.9 Å². The van der Waals surface area contributed by atoms with E-state index in [4.69, 9.17) is 18.9 Å². The van der Waals surface area contributed by atoms with E-state index in [2.05, 4.69) is 29.1 Å². The molecule has 0 radical (unpaired) electrons. The van der Waals surface area contributed by atoms with Gasteiger partial charge in [0, 0.05) is 0 Å². The fourth-order valence-corrected chi connectivity index (χ4v) is 3.73. The van der Waals surface area contributed by atoms with Crippen LogP contribution in [0.4, 0.5) is 4.79 Å². The Morgan fingerprint density at radius 2 is 1.49 bits per heavy atom. The molecule has 11 heteroatoms. The number of ether oxygens (including phenoxy) is 4. The number of carbonyl (C=O) groups is 4. The summed E-state index contributed by atoms with van der Waals surface area (Å²) in [6.07, 6.45) is 1.97. The molecule has 0 aliphatic carbocycles. The first kappa shape index (κ1) is 37.3. The summed E-state index contributed by atoms with van der Waals surface area (Å²) in [5.74, 6) is -2.27. The lowest BCUT2D eigenvalue weighted by atomic mass is 9.99. The minimum atomic E-state index is -1.28. The second kappa shape index (κ2) is 17.4. The maximum Gasteiger partial charge on any atom is 0.408 e. The molecule has 11 nitrogen and oxygen atoms in total. The highest BCUT2D eigenvalue weighted by atomic mass is 16.6. The number of hydrogen-bond donors (Lipinski definition) is 3. The Balaban J connectivity index is 3.27. The summed E-state index contributed by atoms with van der Waals surface area (Å²) >= 11 is 0. The Morgan fingerprint density at radius 1 is 0.884 bits per heavy atom. The fourth-order valence-electron chi connectivity index (χ4n) is 3.73. The van der Waals surface area contributed by atoms with Gasteiger partial charge in [0.15, 0.2) is 0 Å². The van der Waals surface area contributed by atoms with Crippen LogP contribution in [0.5, 0.6) is 0 Å². The molecule has 1 aromatic rings. The van der Waals surface area contributed by atoms with Crippen LogP contribution >= 0.6 is 0 Å². The molecule has 240 valence electrons. The molecule has 0 aromatic heterocycles. The van der Waals surface area contributed by atoms with Crippen molar-refractivity contribution in [2.75, 3.05) is 13.7 Å². The average Bonchev–Trinajstić information content (AvgIpc) is 2.98. The van der Waals surface area contributed by atoms with Gasteiger partial charge in [0.05, 0.1) is 31.0 Å². The van der Waals surface area contributed by atoms with Gasteiger partial charge in [-0.3, -0.25) is 9.59 Å². The second-order valence-electron chi connectivity index (χ2n) is 11.4. The number of amides is 3. The van der Waals surface area contributed by atoms with Gasteiger partial charge in [-0.2, -0.15) is 0 Å². The molecule has 5 atom stereocenters. The molecule has 0 fully saturated rings. The molecule has 0 heterocycles. The van der Waals surface area contributed by atoms with E-state index in [1.165, 1.54) is 7.11 Å². The Morgan fingerprint density at radius 3 is 2.02 bits per heavy atom. The molecule has 1 aromatic carbocycles. The summed E-state index contributed by atoms with van der Waals surface area (Å²) in [6.45, 7) is 19.5. The minimum absolute atomic E-state index is 0.0194.